The maximum atomic E-state index is 9.98. The van der Waals surface area contributed by atoms with E-state index >= 15 is 0 Å². The highest BCUT2D eigenvalue weighted by Crippen LogP contribution is 2.22. The number of anilines is 1. The summed E-state index contributed by atoms with van der Waals surface area (Å²) in [6, 6.07) is 0.265. The number of aliphatic hydroxyl groups is 1. The van der Waals surface area contributed by atoms with Gasteiger partial charge in [-0.3, -0.25) is 4.90 Å². The first-order chi connectivity index (χ1) is 11.1. The number of likely N-dealkylation sites (tertiary alicyclic amines) is 1. The summed E-state index contributed by atoms with van der Waals surface area (Å²) >= 11 is 0. The largest absolute Gasteiger partial charge is 0.392 e. The van der Waals surface area contributed by atoms with E-state index in [1.807, 2.05) is 19.3 Å². The normalized spacial score (nSPS) is 25.5. The van der Waals surface area contributed by atoms with Crippen molar-refractivity contribution < 1.29 is 5.11 Å². The molecule has 6 heteroatoms. The lowest BCUT2D eigenvalue weighted by atomic mass is 9.98. The van der Waals surface area contributed by atoms with Crippen molar-refractivity contribution in [1.29, 1.82) is 0 Å². The van der Waals surface area contributed by atoms with Gasteiger partial charge < -0.3 is 14.9 Å². The summed E-state index contributed by atoms with van der Waals surface area (Å²) in [4.78, 5) is 16.1. The molecule has 0 aromatic carbocycles. The molecule has 1 N–H and O–H groups in total. The first-order valence-electron chi connectivity index (χ1n) is 8.80. The zero-order chi connectivity index (χ0) is 16.2. The molecular weight excluding hydrogens is 290 g/mol. The average molecular weight is 319 g/mol. The fourth-order valence-electron chi connectivity index (χ4n) is 3.59. The molecule has 3 rings (SSSR count). The SMILES string of the molecule is CC(O)C1CCCCN1Cc1cnc(N2CCN(C)CC2)nc1. The van der Waals surface area contributed by atoms with Crippen molar-refractivity contribution in [2.75, 3.05) is 44.7 Å². The van der Waals surface area contributed by atoms with E-state index in [0.717, 1.165) is 57.2 Å². The molecule has 0 amide bonds. The van der Waals surface area contributed by atoms with Gasteiger partial charge in [0.2, 0.25) is 5.95 Å². The fourth-order valence-corrected chi connectivity index (χ4v) is 3.59. The second-order valence-electron chi connectivity index (χ2n) is 6.96. The van der Waals surface area contributed by atoms with E-state index in [0.29, 0.717) is 0 Å². The molecule has 2 fully saturated rings. The Morgan fingerprint density at radius 3 is 2.48 bits per heavy atom. The van der Waals surface area contributed by atoms with E-state index in [-0.39, 0.29) is 12.1 Å². The van der Waals surface area contributed by atoms with E-state index in [1.165, 1.54) is 12.8 Å². The Labute approximate surface area is 139 Å². The number of piperidine rings is 1. The highest BCUT2D eigenvalue weighted by Gasteiger charge is 2.26. The molecule has 23 heavy (non-hydrogen) atoms. The molecule has 2 saturated heterocycles. The number of likely N-dealkylation sites (N-methyl/N-ethyl adjacent to an activating group) is 1. The predicted molar refractivity (Wildman–Crippen MR) is 91.5 cm³/mol. The molecule has 3 heterocycles. The van der Waals surface area contributed by atoms with Gasteiger partial charge in [0.15, 0.2) is 0 Å². The molecule has 0 spiro atoms. The summed E-state index contributed by atoms with van der Waals surface area (Å²) in [5, 5.41) is 9.98. The van der Waals surface area contributed by atoms with Crippen LogP contribution in [0.4, 0.5) is 5.95 Å². The number of hydrogen-bond acceptors (Lipinski definition) is 6. The van der Waals surface area contributed by atoms with Gasteiger partial charge in [-0.1, -0.05) is 6.42 Å². The summed E-state index contributed by atoms with van der Waals surface area (Å²) in [6.07, 6.45) is 7.13. The van der Waals surface area contributed by atoms with E-state index < -0.39 is 0 Å². The lowest BCUT2D eigenvalue weighted by molar-refractivity contribution is 0.0315. The number of aliphatic hydroxyl groups excluding tert-OH is 1. The molecule has 2 aliphatic rings. The van der Waals surface area contributed by atoms with Gasteiger partial charge in [0, 0.05) is 56.7 Å². The van der Waals surface area contributed by atoms with Crippen molar-refractivity contribution in [3.05, 3.63) is 18.0 Å². The second-order valence-corrected chi connectivity index (χ2v) is 6.96. The van der Waals surface area contributed by atoms with E-state index in [4.69, 9.17) is 0 Å². The number of piperazine rings is 1. The standard InChI is InChI=1S/C17H29N5O/c1-14(23)16-5-3-4-6-22(16)13-15-11-18-17(19-12-15)21-9-7-20(2)8-10-21/h11-12,14,16,23H,3-10,13H2,1-2H3. The Hall–Kier alpha value is -1.24. The fraction of sp³-hybridized carbons (Fsp3) is 0.765. The number of aromatic nitrogens is 2. The van der Waals surface area contributed by atoms with Crippen LogP contribution < -0.4 is 4.90 Å². The minimum Gasteiger partial charge on any atom is -0.392 e. The first kappa shape index (κ1) is 16.6. The van der Waals surface area contributed by atoms with Crippen LogP contribution in [0.5, 0.6) is 0 Å². The third-order valence-corrected chi connectivity index (χ3v) is 5.08. The van der Waals surface area contributed by atoms with Gasteiger partial charge in [0.1, 0.15) is 0 Å². The van der Waals surface area contributed by atoms with Crippen molar-refractivity contribution in [1.82, 2.24) is 19.8 Å². The minimum atomic E-state index is -0.277. The molecule has 0 saturated carbocycles. The minimum absolute atomic E-state index is 0.265. The molecule has 6 nitrogen and oxygen atoms in total. The molecule has 128 valence electrons. The van der Waals surface area contributed by atoms with Gasteiger partial charge in [0.05, 0.1) is 6.10 Å². The quantitative estimate of drug-likeness (QED) is 0.892. The van der Waals surface area contributed by atoms with Crippen molar-refractivity contribution in [3.8, 4) is 0 Å². The van der Waals surface area contributed by atoms with Gasteiger partial charge in [0.25, 0.3) is 0 Å². The number of rotatable bonds is 4. The van der Waals surface area contributed by atoms with Gasteiger partial charge in [-0.15, -0.1) is 0 Å². The van der Waals surface area contributed by atoms with Crippen LogP contribution in [0.3, 0.4) is 0 Å². The molecular formula is C17H29N5O. The summed E-state index contributed by atoms with van der Waals surface area (Å²) in [5.74, 6) is 0.840. The van der Waals surface area contributed by atoms with E-state index in [2.05, 4.69) is 31.7 Å². The van der Waals surface area contributed by atoms with Crippen LogP contribution in [-0.2, 0) is 6.54 Å². The molecule has 1 aromatic rings. The number of nitrogens with zero attached hydrogens (tertiary/aromatic N) is 5. The molecule has 2 atom stereocenters. The van der Waals surface area contributed by atoms with Crippen LogP contribution >= 0.6 is 0 Å². The Morgan fingerprint density at radius 1 is 1.13 bits per heavy atom. The molecule has 2 unspecified atom stereocenters. The number of hydrogen-bond donors (Lipinski definition) is 1. The van der Waals surface area contributed by atoms with Crippen LogP contribution in [-0.4, -0.2) is 76.8 Å². The third kappa shape index (κ3) is 4.19. The molecule has 1 aromatic heterocycles. The predicted octanol–water partition coefficient (Wildman–Crippen LogP) is 0.964. The topological polar surface area (TPSA) is 55.7 Å². The zero-order valence-corrected chi connectivity index (χ0v) is 14.4. The van der Waals surface area contributed by atoms with Crippen LogP contribution in [0.2, 0.25) is 0 Å². The second kappa shape index (κ2) is 7.55. The van der Waals surface area contributed by atoms with Gasteiger partial charge in [-0.05, 0) is 33.4 Å². The van der Waals surface area contributed by atoms with Crippen molar-refractivity contribution in [2.45, 2.75) is 44.9 Å². The smallest absolute Gasteiger partial charge is 0.225 e. The summed E-state index contributed by atoms with van der Waals surface area (Å²) < 4.78 is 0. The maximum Gasteiger partial charge on any atom is 0.225 e. The van der Waals surface area contributed by atoms with Gasteiger partial charge in [-0.2, -0.15) is 0 Å². The van der Waals surface area contributed by atoms with Gasteiger partial charge >= 0.3 is 0 Å². The highest BCUT2D eigenvalue weighted by molar-refractivity contribution is 5.30. The van der Waals surface area contributed by atoms with Crippen molar-refractivity contribution in [3.63, 3.8) is 0 Å². The van der Waals surface area contributed by atoms with Crippen molar-refractivity contribution in [2.24, 2.45) is 0 Å². The maximum absolute atomic E-state index is 9.98. The average Bonchev–Trinajstić information content (AvgIpc) is 2.57. The lowest BCUT2D eigenvalue weighted by Gasteiger charge is -2.37. The van der Waals surface area contributed by atoms with Crippen molar-refractivity contribution >= 4 is 5.95 Å². The Morgan fingerprint density at radius 2 is 1.83 bits per heavy atom. The Balaban J connectivity index is 1.60. The van der Waals surface area contributed by atoms with E-state index in [1.54, 1.807) is 0 Å². The summed E-state index contributed by atoms with van der Waals surface area (Å²) in [6.45, 7) is 7.90. The Bertz CT molecular complexity index is 484. The molecule has 0 bridgehead atoms. The lowest BCUT2D eigenvalue weighted by Crippen LogP contribution is -2.45. The molecule has 0 aliphatic carbocycles. The zero-order valence-electron chi connectivity index (χ0n) is 14.4. The highest BCUT2D eigenvalue weighted by atomic mass is 16.3. The monoisotopic (exact) mass is 319 g/mol. The van der Waals surface area contributed by atoms with Crippen LogP contribution in [0.1, 0.15) is 31.7 Å². The van der Waals surface area contributed by atoms with E-state index in [9.17, 15) is 5.11 Å². The van der Waals surface area contributed by atoms with Crippen LogP contribution in [0.25, 0.3) is 0 Å². The molecule has 0 radical (unpaired) electrons. The van der Waals surface area contributed by atoms with Gasteiger partial charge in [-0.25, -0.2) is 9.97 Å². The van der Waals surface area contributed by atoms with Crippen LogP contribution in [0, 0.1) is 0 Å². The summed E-state index contributed by atoms with van der Waals surface area (Å²) in [7, 11) is 2.15. The first-order valence-corrected chi connectivity index (χ1v) is 8.80. The third-order valence-electron chi connectivity index (χ3n) is 5.08. The molecule has 2 aliphatic heterocycles. The van der Waals surface area contributed by atoms with Crippen LogP contribution in [0.15, 0.2) is 12.4 Å². The Kier molecular flexibility index (Phi) is 5.46. The summed E-state index contributed by atoms with van der Waals surface area (Å²) in [5.41, 5.74) is 1.13.